The van der Waals surface area contributed by atoms with Crippen LogP contribution in [0.1, 0.15) is 105 Å². The molecular weight excluding hydrogens is 495 g/mol. The Labute approximate surface area is 214 Å². The summed E-state index contributed by atoms with van der Waals surface area (Å²) in [6, 6.07) is 5.13. The van der Waals surface area contributed by atoms with Crippen molar-refractivity contribution >= 4 is 11.9 Å². The first-order chi connectivity index (χ1) is 17.8. The van der Waals surface area contributed by atoms with Crippen molar-refractivity contribution in [1.82, 2.24) is 0 Å². The van der Waals surface area contributed by atoms with Crippen molar-refractivity contribution in [3.63, 3.8) is 0 Å². The number of rotatable bonds is 16. The van der Waals surface area contributed by atoms with E-state index in [1.54, 1.807) is 0 Å². The third-order valence-corrected chi connectivity index (χ3v) is 5.96. The first-order valence-corrected chi connectivity index (χ1v) is 12.8. The van der Waals surface area contributed by atoms with Gasteiger partial charge < -0.3 is 9.47 Å². The minimum atomic E-state index is -2.38. The Morgan fingerprint density at radius 2 is 1.00 bits per heavy atom. The van der Waals surface area contributed by atoms with Crippen LogP contribution in [0, 0.1) is 29.1 Å². The van der Waals surface area contributed by atoms with Gasteiger partial charge in [0.25, 0.3) is 0 Å². The lowest BCUT2D eigenvalue weighted by Crippen LogP contribution is -2.18. The van der Waals surface area contributed by atoms with Crippen molar-refractivity contribution in [3.8, 4) is 5.75 Å². The van der Waals surface area contributed by atoms with Gasteiger partial charge in [0.05, 0.1) is 17.7 Å². The fraction of sp³-hybridized carbons (Fsp3) is 0.500. The van der Waals surface area contributed by atoms with Crippen LogP contribution in [0.2, 0.25) is 0 Å². The smallest absolute Gasteiger partial charge is 0.344 e. The Hall–Kier alpha value is -2.97. The molecule has 0 aliphatic heterocycles. The summed E-state index contributed by atoms with van der Waals surface area (Å²) >= 11 is 0. The van der Waals surface area contributed by atoms with E-state index in [0.717, 1.165) is 25.3 Å². The molecule has 2 aromatic carbocycles. The molecule has 4 nitrogen and oxygen atoms in total. The third-order valence-electron chi connectivity index (χ3n) is 5.96. The summed E-state index contributed by atoms with van der Waals surface area (Å²) in [5.41, 5.74) is -0.693. The first kappa shape index (κ1) is 30.3. The fourth-order valence-electron chi connectivity index (χ4n) is 3.85. The van der Waals surface area contributed by atoms with Gasteiger partial charge in [0.1, 0.15) is 0 Å². The molecule has 0 aliphatic carbocycles. The van der Waals surface area contributed by atoms with E-state index in [2.05, 4.69) is 11.7 Å². The fourth-order valence-corrected chi connectivity index (χ4v) is 3.85. The van der Waals surface area contributed by atoms with E-state index in [1.165, 1.54) is 69.6 Å². The zero-order chi connectivity index (χ0) is 27.2. The zero-order valence-electron chi connectivity index (χ0n) is 21.0. The van der Waals surface area contributed by atoms with E-state index < -0.39 is 52.3 Å². The average Bonchev–Trinajstić information content (AvgIpc) is 2.91. The van der Waals surface area contributed by atoms with Gasteiger partial charge in [0.15, 0.2) is 0 Å². The molecule has 0 fully saturated rings. The van der Waals surface area contributed by atoms with Crippen LogP contribution >= 0.6 is 0 Å². The van der Waals surface area contributed by atoms with Gasteiger partial charge in [0.2, 0.25) is 34.8 Å². The molecule has 2 rings (SSSR count). The molecule has 0 amide bonds. The Balaban J connectivity index is 1.79. The van der Waals surface area contributed by atoms with Crippen LogP contribution in [-0.4, -0.2) is 18.5 Å². The molecule has 204 valence electrons. The van der Waals surface area contributed by atoms with Crippen molar-refractivity contribution in [2.45, 2.75) is 84.0 Å². The van der Waals surface area contributed by atoms with E-state index >= 15 is 0 Å². The largest absolute Gasteiger partial charge is 0.462 e. The predicted octanol–water partition coefficient (Wildman–Crippen LogP) is 8.46. The maximum absolute atomic E-state index is 13.9. The Kier molecular flexibility index (Phi) is 13.1. The minimum absolute atomic E-state index is 0.108. The summed E-state index contributed by atoms with van der Waals surface area (Å²) in [7, 11) is 0. The molecule has 0 radical (unpaired) electrons. The van der Waals surface area contributed by atoms with Gasteiger partial charge in [0, 0.05) is 0 Å². The predicted molar refractivity (Wildman–Crippen MR) is 129 cm³/mol. The van der Waals surface area contributed by atoms with E-state index in [9.17, 15) is 31.5 Å². The number of carbonyl (C=O) groups is 2. The van der Waals surface area contributed by atoms with Crippen LogP contribution in [0.3, 0.4) is 0 Å². The quantitative estimate of drug-likeness (QED) is 0.0548. The van der Waals surface area contributed by atoms with Crippen molar-refractivity contribution in [3.05, 3.63) is 64.5 Å². The molecule has 0 aromatic heterocycles. The Morgan fingerprint density at radius 3 is 1.49 bits per heavy atom. The third kappa shape index (κ3) is 9.13. The van der Waals surface area contributed by atoms with Crippen molar-refractivity contribution in [1.29, 1.82) is 0 Å². The number of benzene rings is 2. The zero-order valence-corrected chi connectivity index (χ0v) is 21.0. The van der Waals surface area contributed by atoms with E-state index in [4.69, 9.17) is 4.74 Å². The summed E-state index contributed by atoms with van der Waals surface area (Å²) in [6.07, 6.45) is 13.7. The number of halogens is 5. The van der Waals surface area contributed by atoms with Gasteiger partial charge in [-0.1, -0.05) is 89.7 Å². The second kappa shape index (κ2) is 16.0. The highest BCUT2D eigenvalue weighted by Gasteiger charge is 2.30. The van der Waals surface area contributed by atoms with Gasteiger partial charge in [-0.2, -0.15) is 8.78 Å². The molecule has 0 heterocycles. The number of unbranched alkanes of at least 4 members (excludes halogenated alkanes) is 11. The molecule has 0 N–H and O–H groups in total. The number of ether oxygens (including phenoxy) is 2. The van der Waals surface area contributed by atoms with E-state index in [-0.39, 0.29) is 12.2 Å². The Morgan fingerprint density at radius 1 is 0.595 bits per heavy atom. The first-order valence-electron chi connectivity index (χ1n) is 12.8. The second-order valence-corrected chi connectivity index (χ2v) is 8.86. The number of hydrogen-bond donors (Lipinski definition) is 0. The highest BCUT2D eigenvalue weighted by Crippen LogP contribution is 2.30. The van der Waals surface area contributed by atoms with Crippen LogP contribution < -0.4 is 4.74 Å². The molecule has 37 heavy (non-hydrogen) atoms. The lowest BCUT2D eigenvalue weighted by molar-refractivity contribution is 0.0489. The summed E-state index contributed by atoms with van der Waals surface area (Å²) in [5, 5.41) is 0. The highest BCUT2D eigenvalue weighted by molar-refractivity contribution is 6.03. The monoisotopic (exact) mass is 528 g/mol. The van der Waals surface area contributed by atoms with Crippen LogP contribution in [0.5, 0.6) is 5.75 Å². The molecule has 0 saturated heterocycles. The summed E-state index contributed by atoms with van der Waals surface area (Å²) in [6.45, 7) is 2.31. The minimum Gasteiger partial charge on any atom is -0.462 e. The molecule has 9 heteroatoms. The van der Waals surface area contributed by atoms with E-state index in [1.807, 2.05) is 0 Å². The average molecular weight is 529 g/mol. The molecular formula is C28H33F5O4. The van der Waals surface area contributed by atoms with Crippen LogP contribution in [0.15, 0.2) is 24.3 Å². The number of esters is 2. The highest BCUT2D eigenvalue weighted by atomic mass is 19.2. The molecule has 0 spiro atoms. The van der Waals surface area contributed by atoms with Crippen molar-refractivity contribution in [2.75, 3.05) is 6.61 Å². The molecule has 0 saturated carbocycles. The SMILES string of the molecule is CCCCCCCCCCCCCCOC(=O)c1ccccc1C(=O)Oc1c(F)c(F)c(F)c(F)c1F. The number of hydrogen-bond acceptors (Lipinski definition) is 4. The Bertz CT molecular complexity index is 1010. The maximum atomic E-state index is 13.9. The van der Waals surface area contributed by atoms with Gasteiger partial charge in [-0.05, 0) is 18.6 Å². The molecule has 2 aromatic rings. The summed E-state index contributed by atoms with van der Waals surface area (Å²) in [4.78, 5) is 24.9. The van der Waals surface area contributed by atoms with Gasteiger partial charge in [-0.15, -0.1) is 0 Å². The molecule has 0 bridgehead atoms. The van der Waals surface area contributed by atoms with Gasteiger partial charge in [-0.25, -0.2) is 22.8 Å². The molecule has 0 aliphatic rings. The standard InChI is InChI=1S/C28H33F5O4/c1-2-3-4-5-6-7-8-9-10-11-12-15-18-36-27(34)19-16-13-14-17-20(19)28(35)37-26-24(32)22(30)21(29)23(31)25(26)33/h13-14,16-17H,2-12,15,18H2,1H3. The van der Waals surface area contributed by atoms with E-state index in [0.29, 0.717) is 6.42 Å². The van der Waals surface area contributed by atoms with Gasteiger partial charge in [-0.3, -0.25) is 0 Å². The van der Waals surface area contributed by atoms with Crippen LogP contribution in [0.25, 0.3) is 0 Å². The number of carbonyl (C=O) groups excluding carboxylic acids is 2. The van der Waals surface area contributed by atoms with Gasteiger partial charge >= 0.3 is 11.9 Å². The molecule has 0 unspecified atom stereocenters. The van der Waals surface area contributed by atoms with Crippen molar-refractivity contribution < 1.29 is 41.0 Å². The normalized spacial score (nSPS) is 11.0. The van der Waals surface area contributed by atoms with Crippen molar-refractivity contribution in [2.24, 2.45) is 0 Å². The topological polar surface area (TPSA) is 52.6 Å². The summed E-state index contributed by atoms with van der Waals surface area (Å²) < 4.78 is 77.4. The van der Waals surface area contributed by atoms with Crippen LogP contribution in [0.4, 0.5) is 22.0 Å². The lowest BCUT2D eigenvalue weighted by atomic mass is 10.1. The second-order valence-electron chi connectivity index (χ2n) is 8.86. The van der Waals surface area contributed by atoms with Crippen LogP contribution in [-0.2, 0) is 4.74 Å². The lowest BCUT2D eigenvalue weighted by Gasteiger charge is -2.11. The summed E-state index contributed by atoms with van der Waals surface area (Å²) in [5.74, 6) is -15.6. The molecule has 0 atom stereocenters. The maximum Gasteiger partial charge on any atom is 0.344 e.